The third kappa shape index (κ3) is 2.39. The number of ether oxygens (including phenoxy) is 1. The van der Waals surface area contributed by atoms with E-state index < -0.39 is 6.43 Å². The highest BCUT2D eigenvalue weighted by Gasteiger charge is 2.19. The second-order valence-electron chi connectivity index (χ2n) is 4.73. The molecule has 0 unspecified atom stereocenters. The second-order valence-corrected chi connectivity index (χ2v) is 5.11. The standard InChI is InChI=1S/C15H12ClF2N3O/c1-8-13(16)15-19-11(7-12(14(17)18)21(15)20-8)9-4-3-5-10(6-9)22-2/h3-7,14H,1-2H3. The summed E-state index contributed by atoms with van der Waals surface area (Å²) in [5.74, 6) is 0.619. The van der Waals surface area contributed by atoms with Gasteiger partial charge in [0.2, 0.25) is 0 Å². The Balaban J connectivity index is 2.28. The molecule has 0 aliphatic carbocycles. The van der Waals surface area contributed by atoms with Crippen LogP contribution in [0.5, 0.6) is 5.75 Å². The van der Waals surface area contributed by atoms with Crippen LogP contribution in [0.2, 0.25) is 5.02 Å². The van der Waals surface area contributed by atoms with E-state index in [1.807, 2.05) is 0 Å². The minimum absolute atomic E-state index is 0.217. The highest BCUT2D eigenvalue weighted by atomic mass is 35.5. The van der Waals surface area contributed by atoms with Gasteiger partial charge < -0.3 is 4.74 Å². The molecule has 2 heterocycles. The zero-order chi connectivity index (χ0) is 15.9. The molecule has 0 saturated heterocycles. The van der Waals surface area contributed by atoms with Crippen LogP contribution in [0.3, 0.4) is 0 Å². The van der Waals surface area contributed by atoms with Crippen LogP contribution in [0, 0.1) is 6.92 Å². The van der Waals surface area contributed by atoms with Crippen molar-refractivity contribution in [3.63, 3.8) is 0 Å². The molecule has 0 saturated carbocycles. The number of alkyl halides is 2. The van der Waals surface area contributed by atoms with E-state index >= 15 is 0 Å². The number of benzene rings is 1. The zero-order valence-corrected chi connectivity index (χ0v) is 12.6. The van der Waals surface area contributed by atoms with Crippen molar-refractivity contribution in [1.29, 1.82) is 0 Å². The molecule has 0 bridgehead atoms. The number of aryl methyl sites for hydroxylation is 1. The molecule has 3 aromatic rings. The van der Waals surface area contributed by atoms with Crippen LogP contribution < -0.4 is 4.74 Å². The predicted octanol–water partition coefficient (Wildman–Crippen LogP) is 4.30. The van der Waals surface area contributed by atoms with Crippen molar-refractivity contribution in [2.45, 2.75) is 13.3 Å². The van der Waals surface area contributed by atoms with Gasteiger partial charge in [0, 0.05) is 5.56 Å². The fraction of sp³-hybridized carbons (Fsp3) is 0.200. The summed E-state index contributed by atoms with van der Waals surface area (Å²) in [6.07, 6.45) is -2.69. The molecule has 3 rings (SSSR count). The summed E-state index contributed by atoms with van der Waals surface area (Å²) in [6.45, 7) is 1.65. The van der Waals surface area contributed by atoms with Crippen molar-refractivity contribution in [3.05, 3.63) is 46.7 Å². The molecule has 114 valence electrons. The highest BCUT2D eigenvalue weighted by molar-refractivity contribution is 6.34. The fourth-order valence-corrected chi connectivity index (χ4v) is 2.37. The maximum Gasteiger partial charge on any atom is 0.280 e. The summed E-state index contributed by atoms with van der Waals surface area (Å²) < 4.78 is 32.9. The van der Waals surface area contributed by atoms with E-state index in [4.69, 9.17) is 16.3 Å². The average Bonchev–Trinajstić information content (AvgIpc) is 2.81. The lowest BCUT2D eigenvalue weighted by atomic mass is 10.1. The minimum Gasteiger partial charge on any atom is -0.497 e. The number of aromatic nitrogens is 3. The summed E-state index contributed by atoms with van der Waals surface area (Å²) in [5, 5.41) is 4.29. The van der Waals surface area contributed by atoms with Gasteiger partial charge in [0.15, 0.2) is 5.65 Å². The van der Waals surface area contributed by atoms with E-state index in [0.29, 0.717) is 22.7 Å². The molecular formula is C15H12ClF2N3O. The zero-order valence-electron chi connectivity index (χ0n) is 11.8. The van der Waals surface area contributed by atoms with Gasteiger partial charge in [0.25, 0.3) is 6.43 Å². The van der Waals surface area contributed by atoms with E-state index in [9.17, 15) is 8.78 Å². The molecule has 0 radical (unpaired) electrons. The number of hydrogen-bond acceptors (Lipinski definition) is 3. The van der Waals surface area contributed by atoms with E-state index in [1.165, 1.54) is 13.2 Å². The van der Waals surface area contributed by atoms with Gasteiger partial charge in [-0.1, -0.05) is 23.7 Å². The Kier molecular flexibility index (Phi) is 3.70. The molecule has 2 aromatic heterocycles. The van der Waals surface area contributed by atoms with E-state index in [1.54, 1.807) is 31.2 Å². The molecule has 22 heavy (non-hydrogen) atoms. The van der Waals surface area contributed by atoms with E-state index in [-0.39, 0.29) is 16.4 Å². The van der Waals surface area contributed by atoms with Crippen molar-refractivity contribution in [2.75, 3.05) is 7.11 Å². The average molecular weight is 324 g/mol. The normalized spacial score (nSPS) is 11.4. The van der Waals surface area contributed by atoms with Gasteiger partial charge in [0.05, 0.1) is 18.5 Å². The molecule has 0 atom stereocenters. The van der Waals surface area contributed by atoms with Crippen LogP contribution in [0.4, 0.5) is 8.78 Å². The van der Waals surface area contributed by atoms with Gasteiger partial charge in [-0.15, -0.1) is 0 Å². The van der Waals surface area contributed by atoms with Gasteiger partial charge in [-0.25, -0.2) is 18.3 Å². The first kappa shape index (κ1) is 14.7. The second kappa shape index (κ2) is 5.53. The number of halogens is 3. The highest BCUT2D eigenvalue weighted by Crippen LogP contribution is 2.30. The quantitative estimate of drug-likeness (QED) is 0.721. The first-order valence-electron chi connectivity index (χ1n) is 6.49. The summed E-state index contributed by atoms with van der Waals surface area (Å²) in [6, 6.07) is 8.35. The van der Waals surface area contributed by atoms with Crippen molar-refractivity contribution in [2.24, 2.45) is 0 Å². The molecule has 0 aliphatic heterocycles. The Hall–Kier alpha value is -2.21. The Bertz CT molecular complexity index is 848. The van der Waals surface area contributed by atoms with Gasteiger partial charge in [-0.2, -0.15) is 5.10 Å². The van der Waals surface area contributed by atoms with Crippen molar-refractivity contribution in [3.8, 4) is 17.0 Å². The molecule has 0 N–H and O–H groups in total. The predicted molar refractivity (Wildman–Crippen MR) is 79.7 cm³/mol. The van der Waals surface area contributed by atoms with Gasteiger partial charge >= 0.3 is 0 Å². The fourth-order valence-electron chi connectivity index (χ4n) is 2.21. The van der Waals surface area contributed by atoms with E-state index in [0.717, 1.165) is 4.52 Å². The number of rotatable bonds is 3. The maximum absolute atomic E-state index is 13.3. The molecule has 0 amide bonds. The Labute approximate surface area is 130 Å². The smallest absolute Gasteiger partial charge is 0.280 e. The largest absolute Gasteiger partial charge is 0.497 e. The van der Waals surface area contributed by atoms with Crippen LogP contribution in [-0.4, -0.2) is 21.7 Å². The van der Waals surface area contributed by atoms with Crippen molar-refractivity contribution in [1.82, 2.24) is 14.6 Å². The van der Waals surface area contributed by atoms with Crippen molar-refractivity contribution >= 4 is 17.2 Å². The summed E-state index contributed by atoms with van der Waals surface area (Å²) >= 11 is 6.12. The lowest BCUT2D eigenvalue weighted by molar-refractivity contribution is 0.143. The monoisotopic (exact) mass is 323 g/mol. The van der Waals surface area contributed by atoms with Gasteiger partial charge in [0.1, 0.15) is 16.5 Å². The Morgan fingerprint density at radius 2 is 2.05 bits per heavy atom. The van der Waals surface area contributed by atoms with Crippen LogP contribution in [0.1, 0.15) is 17.8 Å². The lowest BCUT2D eigenvalue weighted by Gasteiger charge is -2.08. The molecule has 0 fully saturated rings. The van der Waals surface area contributed by atoms with Crippen LogP contribution >= 0.6 is 11.6 Å². The minimum atomic E-state index is -2.69. The molecule has 0 spiro atoms. The lowest BCUT2D eigenvalue weighted by Crippen LogP contribution is -2.02. The van der Waals surface area contributed by atoms with Gasteiger partial charge in [-0.05, 0) is 25.1 Å². The summed E-state index contributed by atoms with van der Waals surface area (Å²) in [5.41, 5.74) is 1.48. The van der Waals surface area contributed by atoms with Gasteiger partial charge in [-0.3, -0.25) is 0 Å². The molecule has 7 heteroatoms. The summed E-state index contributed by atoms with van der Waals surface area (Å²) in [7, 11) is 1.54. The number of hydrogen-bond donors (Lipinski definition) is 0. The first-order chi connectivity index (χ1) is 10.5. The Morgan fingerprint density at radius 1 is 1.27 bits per heavy atom. The topological polar surface area (TPSA) is 39.4 Å². The van der Waals surface area contributed by atoms with Crippen LogP contribution in [0.15, 0.2) is 30.3 Å². The third-order valence-electron chi connectivity index (χ3n) is 3.31. The van der Waals surface area contributed by atoms with Crippen molar-refractivity contribution < 1.29 is 13.5 Å². The summed E-state index contributed by atoms with van der Waals surface area (Å²) in [4.78, 5) is 4.36. The third-order valence-corrected chi connectivity index (χ3v) is 3.75. The first-order valence-corrected chi connectivity index (χ1v) is 6.87. The molecular weight excluding hydrogens is 312 g/mol. The maximum atomic E-state index is 13.3. The van der Waals surface area contributed by atoms with Crippen LogP contribution in [-0.2, 0) is 0 Å². The number of methoxy groups -OCH3 is 1. The van der Waals surface area contributed by atoms with Crippen LogP contribution in [0.25, 0.3) is 16.9 Å². The molecule has 4 nitrogen and oxygen atoms in total. The Morgan fingerprint density at radius 3 is 2.73 bits per heavy atom. The number of nitrogens with zero attached hydrogens (tertiary/aromatic N) is 3. The number of fused-ring (bicyclic) bond motifs is 1. The molecule has 1 aromatic carbocycles. The van der Waals surface area contributed by atoms with E-state index in [2.05, 4.69) is 10.1 Å². The molecule has 0 aliphatic rings. The SMILES string of the molecule is COc1cccc(-c2cc(C(F)F)n3nc(C)c(Cl)c3n2)c1.